The van der Waals surface area contributed by atoms with Crippen molar-refractivity contribution in [3.63, 3.8) is 0 Å². The third-order valence-corrected chi connectivity index (χ3v) is 2.81. The molecule has 1 heterocycles. The third-order valence-electron chi connectivity index (χ3n) is 2.81. The molecule has 90 valence electrons. The Morgan fingerprint density at radius 3 is 2.33 bits per heavy atom. The maximum Gasteiger partial charge on any atom is 0.159 e. The number of nitrogens with one attached hydrogen (secondary N) is 1. The summed E-state index contributed by atoms with van der Waals surface area (Å²) in [5.41, 5.74) is 0.254. The van der Waals surface area contributed by atoms with Crippen molar-refractivity contribution in [3.05, 3.63) is 0 Å². The van der Waals surface area contributed by atoms with Crippen molar-refractivity contribution >= 4 is 0 Å². The van der Waals surface area contributed by atoms with Gasteiger partial charge in [-0.15, -0.1) is 0 Å². The van der Waals surface area contributed by atoms with Gasteiger partial charge in [0.25, 0.3) is 0 Å². The van der Waals surface area contributed by atoms with Gasteiger partial charge in [0.05, 0.1) is 13.2 Å². The average molecular weight is 215 g/mol. The van der Waals surface area contributed by atoms with Crippen LogP contribution < -0.4 is 5.32 Å². The first-order valence-corrected chi connectivity index (χ1v) is 6.00. The van der Waals surface area contributed by atoms with Crippen LogP contribution in [0.15, 0.2) is 0 Å². The summed E-state index contributed by atoms with van der Waals surface area (Å²) in [7, 11) is 0. The Kier molecular flexibility index (Phi) is 5.03. The van der Waals surface area contributed by atoms with E-state index in [-0.39, 0.29) is 11.7 Å². The zero-order chi connectivity index (χ0) is 11.3. The predicted octanol–water partition coefficient (Wildman–Crippen LogP) is 2.16. The van der Waals surface area contributed by atoms with Gasteiger partial charge < -0.3 is 14.8 Å². The maximum absolute atomic E-state index is 5.50. The minimum Gasteiger partial charge on any atom is -0.350 e. The molecule has 1 saturated heterocycles. The van der Waals surface area contributed by atoms with Crippen molar-refractivity contribution in [2.45, 2.75) is 52.9 Å². The molecule has 1 unspecified atom stereocenters. The van der Waals surface area contributed by atoms with E-state index in [4.69, 9.17) is 9.47 Å². The Morgan fingerprint density at radius 1 is 1.27 bits per heavy atom. The van der Waals surface area contributed by atoms with Crippen LogP contribution in [0.5, 0.6) is 0 Å². The van der Waals surface area contributed by atoms with Crippen LogP contribution in [-0.2, 0) is 9.47 Å². The highest BCUT2D eigenvalue weighted by Crippen LogP contribution is 2.25. The number of ether oxygens (including phenoxy) is 2. The summed E-state index contributed by atoms with van der Waals surface area (Å²) in [5, 5.41) is 3.58. The van der Waals surface area contributed by atoms with Crippen LogP contribution >= 0.6 is 0 Å². The number of hydrogen-bond donors (Lipinski definition) is 1. The molecule has 1 atom stereocenters. The molecular weight excluding hydrogens is 190 g/mol. The van der Waals surface area contributed by atoms with Crippen LogP contribution in [0.4, 0.5) is 0 Å². The van der Waals surface area contributed by atoms with Crippen molar-refractivity contribution in [1.29, 1.82) is 0 Å². The monoisotopic (exact) mass is 215 g/mol. The summed E-state index contributed by atoms with van der Waals surface area (Å²) in [4.78, 5) is 0. The zero-order valence-electron chi connectivity index (χ0n) is 10.5. The Balaban J connectivity index is 2.40. The van der Waals surface area contributed by atoms with E-state index < -0.39 is 0 Å². The molecule has 0 aromatic carbocycles. The van der Waals surface area contributed by atoms with E-state index in [1.54, 1.807) is 0 Å². The highest BCUT2D eigenvalue weighted by molar-refractivity contribution is 4.81. The Hall–Kier alpha value is -0.120. The molecule has 0 bridgehead atoms. The Morgan fingerprint density at radius 2 is 1.87 bits per heavy atom. The standard InChI is InChI=1S/C12H25NO2/c1-5-6-13-10(12(2,3)4)9-11-14-7-8-15-11/h10-11,13H,5-9H2,1-4H3. The molecule has 0 spiro atoms. The summed E-state index contributed by atoms with van der Waals surface area (Å²) in [5.74, 6) is 0. The van der Waals surface area contributed by atoms with E-state index >= 15 is 0 Å². The second kappa shape index (κ2) is 5.83. The lowest BCUT2D eigenvalue weighted by molar-refractivity contribution is -0.0600. The van der Waals surface area contributed by atoms with E-state index in [0.717, 1.165) is 26.2 Å². The predicted molar refractivity (Wildman–Crippen MR) is 61.8 cm³/mol. The second-order valence-corrected chi connectivity index (χ2v) is 5.28. The van der Waals surface area contributed by atoms with Crippen LogP contribution in [0.1, 0.15) is 40.5 Å². The molecule has 3 nitrogen and oxygen atoms in total. The molecule has 1 rings (SSSR count). The molecule has 3 heteroatoms. The fourth-order valence-corrected chi connectivity index (χ4v) is 1.80. The highest BCUT2D eigenvalue weighted by atomic mass is 16.7. The van der Waals surface area contributed by atoms with Gasteiger partial charge in [-0.25, -0.2) is 0 Å². The summed E-state index contributed by atoms with van der Waals surface area (Å²) in [6.45, 7) is 11.5. The van der Waals surface area contributed by atoms with Gasteiger partial charge in [0.15, 0.2) is 6.29 Å². The Labute approximate surface area is 93.5 Å². The molecule has 0 aromatic heterocycles. The summed E-state index contributed by atoms with van der Waals surface area (Å²) in [6.07, 6.45) is 2.11. The van der Waals surface area contributed by atoms with Crippen LogP contribution in [0.2, 0.25) is 0 Å². The first-order chi connectivity index (χ1) is 7.04. The first kappa shape index (κ1) is 12.9. The van der Waals surface area contributed by atoms with Gasteiger partial charge in [-0.3, -0.25) is 0 Å². The van der Waals surface area contributed by atoms with E-state index in [0.29, 0.717) is 6.04 Å². The molecule has 0 saturated carbocycles. The quantitative estimate of drug-likeness (QED) is 0.762. The number of hydrogen-bond acceptors (Lipinski definition) is 3. The molecule has 0 radical (unpaired) electrons. The van der Waals surface area contributed by atoms with Crippen LogP contribution in [0.3, 0.4) is 0 Å². The average Bonchev–Trinajstić information content (AvgIpc) is 2.62. The van der Waals surface area contributed by atoms with Gasteiger partial charge in [0, 0.05) is 12.5 Å². The van der Waals surface area contributed by atoms with Gasteiger partial charge in [0.2, 0.25) is 0 Å². The minimum atomic E-state index is -0.00131. The largest absolute Gasteiger partial charge is 0.350 e. The molecule has 15 heavy (non-hydrogen) atoms. The topological polar surface area (TPSA) is 30.5 Å². The van der Waals surface area contributed by atoms with E-state index in [1.807, 2.05) is 0 Å². The molecular formula is C12H25NO2. The third kappa shape index (κ3) is 4.49. The lowest BCUT2D eigenvalue weighted by Gasteiger charge is -2.33. The van der Waals surface area contributed by atoms with Gasteiger partial charge in [0.1, 0.15) is 0 Å². The van der Waals surface area contributed by atoms with Crippen LogP contribution in [0.25, 0.3) is 0 Å². The summed E-state index contributed by atoms with van der Waals surface area (Å²) in [6, 6.07) is 0.459. The van der Waals surface area contributed by atoms with Crippen molar-refractivity contribution in [3.8, 4) is 0 Å². The van der Waals surface area contributed by atoms with Crippen molar-refractivity contribution in [1.82, 2.24) is 5.32 Å². The Bertz CT molecular complexity index is 171. The SMILES string of the molecule is CCCNC(CC1OCCO1)C(C)(C)C. The van der Waals surface area contributed by atoms with Crippen LogP contribution in [-0.4, -0.2) is 32.1 Å². The molecule has 0 aromatic rings. The maximum atomic E-state index is 5.50. The summed E-state index contributed by atoms with van der Waals surface area (Å²) >= 11 is 0. The first-order valence-electron chi connectivity index (χ1n) is 6.00. The fraction of sp³-hybridized carbons (Fsp3) is 1.00. The van der Waals surface area contributed by atoms with Crippen molar-refractivity contribution in [2.24, 2.45) is 5.41 Å². The molecule has 1 aliphatic rings. The van der Waals surface area contributed by atoms with Gasteiger partial charge in [-0.1, -0.05) is 27.7 Å². The lowest BCUT2D eigenvalue weighted by atomic mass is 9.84. The minimum absolute atomic E-state index is 0.00131. The molecule has 1 fully saturated rings. The molecule has 1 N–H and O–H groups in total. The second-order valence-electron chi connectivity index (χ2n) is 5.28. The summed E-state index contributed by atoms with van der Waals surface area (Å²) < 4.78 is 11.0. The van der Waals surface area contributed by atoms with E-state index in [2.05, 4.69) is 33.0 Å². The van der Waals surface area contributed by atoms with Crippen molar-refractivity contribution in [2.75, 3.05) is 19.8 Å². The molecule has 0 aliphatic carbocycles. The number of rotatable bonds is 5. The van der Waals surface area contributed by atoms with E-state index in [1.165, 1.54) is 6.42 Å². The van der Waals surface area contributed by atoms with Gasteiger partial charge >= 0.3 is 0 Å². The molecule has 1 aliphatic heterocycles. The zero-order valence-corrected chi connectivity index (χ0v) is 10.5. The fourth-order valence-electron chi connectivity index (χ4n) is 1.80. The molecule has 0 amide bonds. The lowest BCUT2D eigenvalue weighted by Crippen LogP contribution is -2.43. The normalized spacial score (nSPS) is 20.8. The smallest absolute Gasteiger partial charge is 0.159 e. The van der Waals surface area contributed by atoms with Crippen LogP contribution in [0, 0.1) is 5.41 Å². The van der Waals surface area contributed by atoms with Gasteiger partial charge in [-0.2, -0.15) is 0 Å². The van der Waals surface area contributed by atoms with E-state index in [9.17, 15) is 0 Å². The highest BCUT2D eigenvalue weighted by Gasteiger charge is 2.29. The van der Waals surface area contributed by atoms with Crippen molar-refractivity contribution < 1.29 is 9.47 Å². The van der Waals surface area contributed by atoms with Gasteiger partial charge in [-0.05, 0) is 18.4 Å².